The molecule has 1 aliphatic heterocycles. The Labute approximate surface area is 196 Å². The molecule has 170 valence electrons. The predicted molar refractivity (Wildman–Crippen MR) is 130 cm³/mol. The van der Waals surface area contributed by atoms with E-state index in [0.29, 0.717) is 0 Å². The van der Waals surface area contributed by atoms with Crippen LogP contribution >= 0.6 is 0 Å². The number of likely N-dealkylation sites (tertiary alicyclic amines) is 1. The molecule has 0 N–H and O–H groups in total. The van der Waals surface area contributed by atoms with E-state index in [4.69, 9.17) is 9.47 Å². The number of carbonyl (C=O) groups is 1. The molecular formula is C29H31NO3. The lowest BCUT2D eigenvalue weighted by Crippen LogP contribution is -2.28. The van der Waals surface area contributed by atoms with Crippen LogP contribution in [0.15, 0.2) is 72.8 Å². The van der Waals surface area contributed by atoms with Gasteiger partial charge < -0.3 is 14.3 Å². The molecule has 33 heavy (non-hydrogen) atoms. The minimum Gasteiger partial charge on any atom is -0.493 e. The third-order valence-corrected chi connectivity index (χ3v) is 7.22. The second-order valence-electron chi connectivity index (χ2n) is 9.66. The van der Waals surface area contributed by atoms with Gasteiger partial charge in [-0.25, -0.2) is 0 Å². The van der Waals surface area contributed by atoms with Crippen LogP contribution in [0.1, 0.15) is 35.1 Å². The molecule has 1 aliphatic carbocycles. The molecule has 3 aromatic carbocycles. The third-order valence-electron chi connectivity index (χ3n) is 7.22. The number of methoxy groups -OCH3 is 1. The average Bonchev–Trinajstić information content (AvgIpc) is 3.40. The molecule has 4 nitrogen and oxygen atoms in total. The van der Waals surface area contributed by atoms with E-state index in [0.717, 1.165) is 55.8 Å². The van der Waals surface area contributed by atoms with Gasteiger partial charge in [-0.05, 0) is 34.4 Å². The molecule has 0 aromatic heterocycles. The van der Waals surface area contributed by atoms with Crippen LogP contribution in [0, 0.1) is 5.41 Å². The van der Waals surface area contributed by atoms with Crippen molar-refractivity contribution in [3.05, 3.63) is 95.1 Å². The van der Waals surface area contributed by atoms with Gasteiger partial charge in [0, 0.05) is 43.8 Å². The van der Waals surface area contributed by atoms with Crippen LogP contribution in [-0.4, -0.2) is 37.5 Å². The third kappa shape index (κ3) is 4.40. The van der Waals surface area contributed by atoms with E-state index >= 15 is 0 Å². The lowest BCUT2D eigenvalue weighted by molar-refractivity contribution is -0.115. The lowest BCUT2D eigenvalue weighted by atomic mass is 9.77. The second-order valence-corrected chi connectivity index (χ2v) is 9.66. The molecule has 5 rings (SSSR count). The Morgan fingerprint density at radius 2 is 1.67 bits per heavy atom. The van der Waals surface area contributed by atoms with Crippen molar-refractivity contribution in [2.45, 2.75) is 38.3 Å². The maximum atomic E-state index is 12.2. The standard InChI is InChI=1S/C29H31NO3/c1-29(20-31)19-30(17-21-8-4-3-5-9-21)18-26(29)24-12-13-27(32-2)28(16-24)33-25-14-22-10-6-7-11-23(22)15-25/h3-13,16,20,25-26H,14-15,17-19H2,1-2H3/t26-,29?/m0/s1. The van der Waals surface area contributed by atoms with E-state index in [-0.39, 0.29) is 12.0 Å². The van der Waals surface area contributed by atoms with Gasteiger partial charge in [0.05, 0.1) is 7.11 Å². The molecule has 2 atom stereocenters. The number of rotatable bonds is 7. The zero-order valence-corrected chi connectivity index (χ0v) is 19.4. The molecule has 1 saturated heterocycles. The summed E-state index contributed by atoms with van der Waals surface area (Å²) in [4.78, 5) is 14.6. The highest BCUT2D eigenvalue weighted by Gasteiger charge is 2.44. The zero-order valence-electron chi connectivity index (χ0n) is 19.4. The van der Waals surface area contributed by atoms with Crippen LogP contribution in [0.25, 0.3) is 0 Å². The van der Waals surface area contributed by atoms with Crippen molar-refractivity contribution in [3.63, 3.8) is 0 Å². The van der Waals surface area contributed by atoms with Crippen LogP contribution in [0.3, 0.4) is 0 Å². The van der Waals surface area contributed by atoms with Gasteiger partial charge in [-0.15, -0.1) is 0 Å². The molecule has 0 spiro atoms. The Morgan fingerprint density at radius 3 is 2.33 bits per heavy atom. The highest BCUT2D eigenvalue weighted by molar-refractivity contribution is 5.63. The first kappa shape index (κ1) is 21.7. The van der Waals surface area contributed by atoms with Crippen molar-refractivity contribution in [2.75, 3.05) is 20.2 Å². The van der Waals surface area contributed by atoms with Gasteiger partial charge in [0.2, 0.25) is 0 Å². The second kappa shape index (κ2) is 9.03. The molecule has 0 radical (unpaired) electrons. The molecule has 1 heterocycles. The molecule has 2 aliphatic rings. The summed E-state index contributed by atoms with van der Waals surface area (Å²) in [6.45, 7) is 4.51. The molecule has 0 saturated carbocycles. The van der Waals surface area contributed by atoms with Crippen LogP contribution in [0.2, 0.25) is 0 Å². The highest BCUT2D eigenvalue weighted by atomic mass is 16.5. The van der Waals surface area contributed by atoms with Gasteiger partial charge in [0.25, 0.3) is 0 Å². The summed E-state index contributed by atoms with van der Waals surface area (Å²) in [5.41, 5.74) is 4.68. The summed E-state index contributed by atoms with van der Waals surface area (Å²) in [5, 5.41) is 0. The first-order valence-corrected chi connectivity index (χ1v) is 11.7. The molecule has 1 fully saturated rings. The van der Waals surface area contributed by atoms with Gasteiger partial charge in [0.15, 0.2) is 11.5 Å². The lowest BCUT2D eigenvalue weighted by Gasteiger charge is -2.25. The first-order valence-electron chi connectivity index (χ1n) is 11.7. The fourth-order valence-electron chi connectivity index (χ4n) is 5.47. The van der Waals surface area contributed by atoms with Crippen molar-refractivity contribution in [1.29, 1.82) is 0 Å². The Morgan fingerprint density at radius 1 is 0.970 bits per heavy atom. The predicted octanol–water partition coefficient (Wildman–Crippen LogP) is 5.05. The molecule has 0 amide bonds. The van der Waals surface area contributed by atoms with Gasteiger partial charge >= 0.3 is 0 Å². The van der Waals surface area contributed by atoms with Crippen molar-refractivity contribution in [2.24, 2.45) is 5.41 Å². The van der Waals surface area contributed by atoms with Crippen molar-refractivity contribution in [1.82, 2.24) is 4.90 Å². The van der Waals surface area contributed by atoms with Crippen LogP contribution in [0.4, 0.5) is 0 Å². The van der Waals surface area contributed by atoms with Gasteiger partial charge in [-0.2, -0.15) is 0 Å². The summed E-state index contributed by atoms with van der Waals surface area (Å²) >= 11 is 0. The van der Waals surface area contributed by atoms with E-state index in [1.54, 1.807) is 7.11 Å². The zero-order chi connectivity index (χ0) is 22.8. The van der Waals surface area contributed by atoms with E-state index in [1.807, 2.05) is 12.1 Å². The van der Waals surface area contributed by atoms with Crippen molar-refractivity contribution < 1.29 is 14.3 Å². The van der Waals surface area contributed by atoms with Gasteiger partial charge in [0.1, 0.15) is 12.4 Å². The van der Waals surface area contributed by atoms with Crippen LogP contribution in [0.5, 0.6) is 11.5 Å². The minimum absolute atomic E-state index is 0.0992. The number of benzene rings is 3. The van der Waals surface area contributed by atoms with E-state index in [2.05, 4.69) is 72.5 Å². The van der Waals surface area contributed by atoms with Gasteiger partial charge in [-0.1, -0.05) is 67.6 Å². The first-order chi connectivity index (χ1) is 16.1. The number of aldehydes is 1. The van der Waals surface area contributed by atoms with Gasteiger partial charge in [-0.3, -0.25) is 4.90 Å². The monoisotopic (exact) mass is 441 g/mol. The molecule has 3 aromatic rings. The molecular weight excluding hydrogens is 410 g/mol. The molecule has 0 bridgehead atoms. The number of carbonyl (C=O) groups excluding carboxylic acids is 1. The van der Waals surface area contributed by atoms with Crippen LogP contribution in [-0.2, 0) is 24.2 Å². The quantitative estimate of drug-likeness (QED) is 0.481. The molecule has 1 unspecified atom stereocenters. The largest absolute Gasteiger partial charge is 0.493 e. The average molecular weight is 442 g/mol. The fourth-order valence-corrected chi connectivity index (χ4v) is 5.47. The molecule has 4 heteroatoms. The summed E-state index contributed by atoms with van der Waals surface area (Å²) in [6.07, 6.45) is 3.05. The fraction of sp³-hybridized carbons (Fsp3) is 0.345. The minimum atomic E-state index is -0.440. The SMILES string of the molecule is COc1ccc([C@@H]2CN(Cc3ccccc3)CC2(C)C=O)cc1OC1Cc2ccccc2C1. The van der Waals surface area contributed by atoms with E-state index in [1.165, 1.54) is 16.7 Å². The summed E-state index contributed by atoms with van der Waals surface area (Å²) in [7, 11) is 1.68. The van der Waals surface area contributed by atoms with Crippen LogP contribution < -0.4 is 9.47 Å². The van der Waals surface area contributed by atoms with Crippen molar-refractivity contribution >= 4 is 6.29 Å². The van der Waals surface area contributed by atoms with E-state index in [9.17, 15) is 4.79 Å². The number of fused-ring (bicyclic) bond motifs is 1. The highest BCUT2D eigenvalue weighted by Crippen LogP contribution is 2.44. The van der Waals surface area contributed by atoms with E-state index < -0.39 is 5.41 Å². The summed E-state index contributed by atoms with van der Waals surface area (Å²) < 4.78 is 12.1. The number of nitrogens with zero attached hydrogens (tertiary/aromatic N) is 1. The number of ether oxygens (including phenoxy) is 2. The summed E-state index contributed by atoms with van der Waals surface area (Å²) in [5.74, 6) is 1.61. The topological polar surface area (TPSA) is 38.8 Å². The normalized spacial score (nSPS) is 22.8. The van der Waals surface area contributed by atoms with Crippen molar-refractivity contribution in [3.8, 4) is 11.5 Å². The Balaban J connectivity index is 1.37. The smallest absolute Gasteiger partial charge is 0.161 e. The maximum absolute atomic E-state index is 12.2. The Bertz CT molecular complexity index is 1100. The maximum Gasteiger partial charge on any atom is 0.161 e. The Hall–Kier alpha value is -3.11. The number of hydrogen-bond donors (Lipinski definition) is 0. The summed E-state index contributed by atoms with van der Waals surface area (Å²) in [6, 6.07) is 25.2. The number of hydrogen-bond acceptors (Lipinski definition) is 4. The Kier molecular flexibility index (Phi) is 5.94.